The molecule has 0 saturated heterocycles. The van der Waals surface area contributed by atoms with Crippen LogP contribution in [-0.4, -0.2) is 18.0 Å². The summed E-state index contributed by atoms with van der Waals surface area (Å²) in [7, 11) is 0. The van der Waals surface area contributed by atoms with Crippen molar-refractivity contribution in [1.29, 1.82) is 0 Å². The zero-order valence-electron chi connectivity index (χ0n) is 13.2. The molecule has 2 aromatic rings. The highest BCUT2D eigenvalue weighted by Crippen LogP contribution is 2.13. The molecule has 0 saturated carbocycles. The van der Waals surface area contributed by atoms with Gasteiger partial charge < -0.3 is 10.1 Å². The van der Waals surface area contributed by atoms with Crippen LogP contribution in [0.15, 0.2) is 60.7 Å². The molecule has 0 aliphatic carbocycles. The number of anilines is 1. The van der Waals surface area contributed by atoms with E-state index in [1.54, 1.807) is 19.1 Å². The number of nitrogens with one attached hydrogen (secondary N) is 1. The number of carbonyl (C=O) groups is 2. The number of hydrogen-bond acceptors (Lipinski definition) is 3. The Kier molecular flexibility index (Phi) is 5.69. The lowest BCUT2D eigenvalue weighted by Crippen LogP contribution is -2.29. The van der Waals surface area contributed by atoms with Crippen LogP contribution in [0.3, 0.4) is 0 Å². The van der Waals surface area contributed by atoms with E-state index in [1.807, 2.05) is 55.5 Å². The Hall–Kier alpha value is -2.88. The smallest absolute Gasteiger partial charge is 0.331 e. The summed E-state index contributed by atoms with van der Waals surface area (Å²) in [6, 6.07) is 16.8. The number of carbonyl (C=O) groups excluding carboxylic acids is 2. The van der Waals surface area contributed by atoms with Gasteiger partial charge in [-0.05, 0) is 37.1 Å². The molecule has 1 N–H and O–H groups in total. The van der Waals surface area contributed by atoms with Gasteiger partial charge >= 0.3 is 5.97 Å². The summed E-state index contributed by atoms with van der Waals surface area (Å²) < 4.78 is 5.11. The molecule has 0 bridgehead atoms. The molecule has 2 rings (SSSR count). The van der Waals surface area contributed by atoms with Crippen molar-refractivity contribution in [2.75, 3.05) is 5.32 Å². The first kappa shape index (κ1) is 16.5. The average Bonchev–Trinajstić information content (AvgIpc) is 2.56. The molecule has 0 aliphatic heterocycles. The van der Waals surface area contributed by atoms with Crippen LogP contribution in [0, 0.1) is 6.92 Å². The molecule has 0 fully saturated rings. The minimum absolute atomic E-state index is 0.360. The quantitative estimate of drug-likeness (QED) is 0.678. The van der Waals surface area contributed by atoms with Crippen molar-refractivity contribution in [2.24, 2.45) is 0 Å². The van der Waals surface area contributed by atoms with Gasteiger partial charge in [0.2, 0.25) is 0 Å². The van der Waals surface area contributed by atoms with Gasteiger partial charge in [-0.1, -0.05) is 48.5 Å². The number of benzene rings is 2. The summed E-state index contributed by atoms with van der Waals surface area (Å²) >= 11 is 0. The maximum Gasteiger partial charge on any atom is 0.331 e. The standard InChI is InChI=1S/C19H19NO3/c1-14-8-6-7-11-17(14)20-19(22)15(2)23-18(21)13-12-16-9-4-3-5-10-16/h3-13,15H,1-2H3,(H,20,22)/b13-12+/t15-/m0/s1. The zero-order chi connectivity index (χ0) is 16.7. The second-order valence-corrected chi connectivity index (χ2v) is 5.13. The van der Waals surface area contributed by atoms with Gasteiger partial charge in [-0.2, -0.15) is 0 Å². The SMILES string of the molecule is Cc1ccccc1NC(=O)[C@H](C)OC(=O)/C=C/c1ccccc1. The normalized spacial score (nSPS) is 11.9. The fraction of sp³-hybridized carbons (Fsp3) is 0.158. The first-order chi connectivity index (χ1) is 11.1. The second kappa shape index (κ2) is 7.94. The Morgan fingerprint density at radius 2 is 1.70 bits per heavy atom. The lowest BCUT2D eigenvalue weighted by Gasteiger charge is -2.13. The highest BCUT2D eigenvalue weighted by atomic mass is 16.5. The predicted octanol–water partition coefficient (Wildman–Crippen LogP) is 3.58. The molecule has 0 spiro atoms. The van der Waals surface area contributed by atoms with E-state index in [4.69, 9.17) is 4.74 Å². The molecular weight excluding hydrogens is 290 g/mol. The van der Waals surface area contributed by atoms with Gasteiger partial charge in [0.15, 0.2) is 6.10 Å². The monoisotopic (exact) mass is 309 g/mol. The minimum Gasteiger partial charge on any atom is -0.449 e. The Morgan fingerprint density at radius 1 is 1.04 bits per heavy atom. The van der Waals surface area contributed by atoms with Crippen molar-refractivity contribution in [2.45, 2.75) is 20.0 Å². The van der Waals surface area contributed by atoms with Crippen LogP contribution in [0.1, 0.15) is 18.1 Å². The maximum absolute atomic E-state index is 12.1. The topological polar surface area (TPSA) is 55.4 Å². The van der Waals surface area contributed by atoms with Gasteiger partial charge in [0.1, 0.15) is 0 Å². The van der Waals surface area contributed by atoms with Crippen LogP contribution in [-0.2, 0) is 14.3 Å². The van der Waals surface area contributed by atoms with Crippen LogP contribution < -0.4 is 5.32 Å². The van der Waals surface area contributed by atoms with Crippen LogP contribution >= 0.6 is 0 Å². The maximum atomic E-state index is 12.1. The number of rotatable bonds is 5. The Balaban J connectivity index is 1.89. The molecule has 0 radical (unpaired) electrons. The van der Waals surface area contributed by atoms with E-state index in [9.17, 15) is 9.59 Å². The number of amides is 1. The third-order valence-corrected chi connectivity index (χ3v) is 3.28. The summed E-state index contributed by atoms with van der Waals surface area (Å²) in [4.78, 5) is 23.8. The van der Waals surface area contributed by atoms with Crippen molar-refractivity contribution in [3.05, 3.63) is 71.8 Å². The molecule has 0 aromatic heterocycles. The molecule has 4 nitrogen and oxygen atoms in total. The van der Waals surface area contributed by atoms with E-state index in [0.29, 0.717) is 5.69 Å². The third-order valence-electron chi connectivity index (χ3n) is 3.28. The lowest BCUT2D eigenvalue weighted by atomic mass is 10.2. The van der Waals surface area contributed by atoms with Crippen LogP contribution in [0.25, 0.3) is 6.08 Å². The fourth-order valence-electron chi connectivity index (χ4n) is 1.94. The minimum atomic E-state index is -0.873. The largest absolute Gasteiger partial charge is 0.449 e. The molecular formula is C19H19NO3. The van der Waals surface area contributed by atoms with Crippen molar-refractivity contribution in [3.63, 3.8) is 0 Å². The average molecular weight is 309 g/mol. The van der Waals surface area contributed by atoms with E-state index < -0.39 is 12.1 Å². The van der Waals surface area contributed by atoms with Crippen LogP contribution in [0.4, 0.5) is 5.69 Å². The van der Waals surface area contributed by atoms with Gasteiger partial charge in [-0.15, -0.1) is 0 Å². The Bertz CT molecular complexity index is 708. The van der Waals surface area contributed by atoms with Gasteiger partial charge in [0.25, 0.3) is 5.91 Å². The van der Waals surface area contributed by atoms with Crippen LogP contribution in [0.2, 0.25) is 0 Å². The number of aryl methyl sites for hydroxylation is 1. The second-order valence-electron chi connectivity index (χ2n) is 5.13. The molecule has 0 aliphatic rings. The van der Waals surface area contributed by atoms with E-state index in [0.717, 1.165) is 11.1 Å². The highest BCUT2D eigenvalue weighted by Gasteiger charge is 2.17. The summed E-state index contributed by atoms with van der Waals surface area (Å²) in [5.41, 5.74) is 2.55. The lowest BCUT2D eigenvalue weighted by molar-refractivity contribution is -0.148. The van der Waals surface area contributed by atoms with Crippen LogP contribution in [0.5, 0.6) is 0 Å². The van der Waals surface area contributed by atoms with E-state index >= 15 is 0 Å². The van der Waals surface area contributed by atoms with E-state index in [-0.39, 0.29) is 5.91 Å². The van der Waals surface area contributed by atoms with Crippen molar-refractivity contribution in [3.8, 4) is 0 Å². The summed E-state index contributed by atoms with van der Waals surface area (Å²) in [5.74, 6) is -0.915. The fourth-order valence-corrected chi connectivity index (χ4v) is 1.94. The van der Waals surface area contributed by atoms with Crippen molar-refractivity contribution >= 4 is 23.6 Å². The number of esters is 1. The highest BCUT2D eigenvalue weighted by molar-refractivity contribution is 5.97. The first-order valence-electron chi connectivity index (χ1n) is 7.36. The third kappa shape index (κ3) is 5.11. The van der Waals surface area contributed by atoms with Crippen molar-refractivity contribution in [1.82, 2.24) is 0 Å². The summed E-state index contributed by atoms with van der Waals surface area (Å²) in [5, 5.41) is 2.75. The molecule has 23 heavy (non-hydrogen) atoms. The molecule has 118 valence electrons. The molecule has 2 aromatic carbocycles. The predicted molar refractivity (Wildman–Crippen MR) is 90.8 cm³/mol. The van der Waals surface area contributed by atoms with Crippen molar-refractivity contribution < 1.29 is 14.3 Å². The summed E-state index contributed by atoms with van der Waals surface area (Å²) in [6.07, 6.45) is 2.09. The first-order valence-corrected chi connectivity index (χ1v) is 7.36. The van der Waals surface area contributed by atoms with E-state index in [2.05, 4.69) is 5.32 Å². The van der Waals surface area contributed by atoms with Gasteiger partial charge in [0.05, 0.1) is 0 Å². The molecule has 1 amide bonds. The Morgan fingerprint density at radius 3 is 2.39 bits per heavy atom. The zero-order valence-corrected chi connectivity index (χ0v) is 13.2. The number of hydrogen-bond donors (Lipinski definition) is 1. The van der Waals surface area contributed by atoms with Gasteiger partial charge in [-0.3, -0.25) is 4.79 Å². The molecule has 4 heteroatoms. The van der Waals surface area contributed by atoms with Gasteiger partial charge in [-0.25, -0.2) is 4.79 Å². The Labute approximate surface area is 135 Å². The number of para-hydroxylation sites is 1. The molecule has 0 unspecified atom stereocenters. The molecule has 1 atom stereocenters. The number of ether oxygens (including phenoxy) is 1. The van der Waals surface area contributed by atoms with Gasteiger partial charge in [0, 0.05) is 11.8 Å². The summed E-state index contributed by atoms with van der Waals surface area (Å²) in [6.45, 7) is 3.44. The van der Waals surface area contributed by atoms with E-state index in [1.165, 1.54) is 6.08 Å². The molecule has 0 heterocycles.